The molecule has 3 rings (SSSR count). The Balaban J connectivity index is 0.00000161. The topological polar surface area (TPSA) is 83.8 Å². The fraction of sp³-hybridized carbons (Fsp3) is 0.733. The molecule has 6 heteroatoms. The van der Waals surface area contributed by atoms with Gasteiger partial charge in [-0.25, -0.2) is 0 Å². The van der Waals surface area contributed by atoms with Crippen molar-refractivity contribution in [3.05, 3.63) is 18.0 Å². The molecule has 2 saturated carbocycles. The zero-order chi connectivity index (χ0) is 14.1. The molecule has 118 valence electrons. The number of nitrogens with two attached hydrogens (primary N) is 1. The van der Waals surface area contributed by atoms with Crippen molar-refractivity contribution < 1.29 is 4.79 Å². The molecule has 1 heterocycles. The molecule has 2 aliphatic carbocycles. The first-order valence-corrected chi connectivity index (χ1v) is 7.69. The van der Waals surface area contributed by atoms with E-state index in [2.05, 4.69) is 15.5 Å². The summed E-state index contributed by atoms with van der Waals surface area (Å²) in [4.78, 5) is 12.5. The van der Waals surface area contributed by atoms with Crippen LogP contribution in [0.1, 0.15) is 50.6 Å². The van der Waals surface area contributed by atoms with Crippen molar-refractivity contribution in [2.75, 3.05) is 0 Å². The highest BCUT2D eigenvalue weighted by atomic mass is 35.5. The minimum atomic E-state index is 0. The Morgan fingerprint density at radius 1 is 1.43 bits per heavy atom. The van der Waals surface area contributed by atoms with Crippen molar-refractivity contribution in [3.63, 3.8) is 0 Å². The normalized spacial score (nSPS) is 32.9. The Hall–Kier alpha value is -1.07. The van der Waals surface area contributed by atoms with Gasteiger partial charge in [0.15, 0.2) is 0 Å². The summed E-state index contributed by atoms with van der Waals surface area (Å²) in [7, 11) is 0. The fourth-order valence-corrected chi connectivity index (χ4v) is 3.92. The minimum Gasteiger partial charge on any atom is -0.349 e. The van der Waals surface area contributed by atoms with E-state index in [-0.39, 0.29) is 30.3 Å². The van der Waals surface area contributed by atoms with Crippen LogP contribution in [-0.4, -0.2) is 22.1 Å². The number of halogens is 1. The van der Waals surface area contributed by atoms with Gasteiger partial charge in [-0.1, -0.05) is 6.42 Å². The van der Waals surface area contributed by atoms with Gasteiger partial charge in [-0.3, -0.25) is 9.89 Å². The van der Waals surface area contributed by atoms with E-state index in [1.807, 2.05) is 13.1 Å². The van der Waals surface area contributed by atoms with Gasteiger partial charge in [-0.2, -0.15) is 5.10 Å². The van der Waals surface area contributed by atoms with Crippen LogP contribution in [0, 0.1) is 17.8 Å². The van der Waals surface area contributed by atoms with Gasteiger partial charge < -0.3 is 11.1 Å². The maximum atomic E-state index is 12.5. The largest absolute Gasteiger partial charge is 0.349 e. The quantitative estimate of drug-likeness (QED) is 0.799. The number of amides is 1. The standard InChI is InChI=1S/C15H24N4O.ClH/c1-9(13-7-17-18-8-13)19-15(20)12-5-10-3-2-4-11(6-12)14(10)16;/h7-12,14H,2-6,16H2,1H3,(H,17,18)(H,19,20);1H. The molecule has 2 aliphatic rings. The summed E-state index contributed by atoms with van der Waals surface area (Å²) in [6.07, 6.45) is 9.18. The van der Waals surface area contributed by atoms with Crippen molar-refractivity contribution in [2.45, 2.75) is 51.1 Å². The van der Waals surface area contributed by atoms with Gasteiger partial charge in [-0.05, 0) is 44.4 Å². The van der Waals surface area contributed by atoms with E-state index in [0.717, 1.165) is 18.4 Å². The molecule has 5 nitrogen and oxygen atoms in total. The summed E-state index contributed by atoms with van der Waals surface area (Å²) in [5.41, 5.74) is 7.30. The lowest BCUT2D eigenvalue weighted by molar-refractivity contribution is -0.128. The number of fused-ring (bicyclic) bond motifs is 2. The molecule has 4 N–H and O–H groups in total. The van der Waals surface area contributed by atoms with Crippen molar-refractivity contribution in [1.82, 2.24) is 15.5 Å². The van der Waals surface area contributed by atoms with E-state index in [1.165, 1.54) is 19.3 Å². The number of carbonyl (C=O) groups excluding carboxylic acids is 1. The summed E-state index contributed by atoms with van der Waals surface area (Å²) in [6, 6.07) is 0.329. The summed E-state index contributed by atoms with van der Waals surface area (Å²) < 4.78 is 0. The molecule has 0 aromatic carbocycles. The molecular weight excluding hydrogens is 288 g/mol. The van der Waals surface area contributed by atoms with Crippen molar-refractivity contribution in [1.29, 1.82) is 0 Å². The monoisotopic (exact) mass is 312 g/mol. The lowest BCUT2D eigenvalue weighted by atomic mass is 9.65. The Kier molecular flexibility index (Phi) is 5.27. The van der Waals surface area contributed by atoms with E-state index in [4.69, 9.17) is 5.73 Å². The summed E-state index contributed by atoms with van der Waals surface area (Å²) in [6.45, 7) is 2.00. The second kappa shape index (κ2) is 6.79. The van der Waals surface area contributed by atoms with Gasteiger partial charge in [0.25, 0.3) is 0 Å². The first-order valence-electron chi connectivity index (χ1n) is 7.69. The number of nitrogens with one attached hydrogen (secondary N) is 2. The molecule has 2 fully saturated rings. The zero-order valence-electron chi connectivity index (χ0n) is 12.4. The van der Waals surface area contributed by atoms with Crippen LogP contribution in [-0.2, 0) is 4.79 Å². The van der Waals surface area contributed by atoms with Crippen LogP contribution in [0.4, 0.5) is 0 Å². The summed E-state index contributed by atoms with van der Waals surface area (Å²) >= 11 is 0. The third-order valence-electron chi connectivity index (χ3n) is 5.16. The highest BCUT2D eigenvalue weighted by Gasteiger charge is 2.40. The molecule has 3 unspecified atom stereocenters. The number of carbonyl (C=O) groups is 1. The highest BCUT2D eigenvalue weighted by molar-refractivity contribution is 5.85. The van der Waals surface area contributed by atoms with E-state index in [9.17, 15) is 4.79 Å². The summed E-state index contributed by atoms with van der Waals surface area (Å²) in [5.74, 6) is 1.41. The molecule has 0 aliphatic heterocycles. The van der Waals surface area contributed by atoms with Gasteiger partial charge >= 0.3 is 0 Å². The number of aromatic nitrogens is 2. The highest BCUT2D eigenvalue weighted by Crippen LogP contribution is 2.42. The Labute approximate surface area is 131 Å². The average Bonchev–Trinajstić information content (AvgIpc) is 2.92. The van der Waals surface area contributed by atoms with Crippen LogP contribution in [0.2, 0.25) is 0 Å². The van der Waals surface area contributed by atoms with E-state index in [1.54, 1.807) is 6.20 Å². The van der Waals surface area contributed by atoms with Gasteiger partial charge in [0, 0.05) is 23.7 Å². The van der Waals surface area contributed by atoms with Crippen molar-refractivity contribution >= 4 is 18.3 Å². The van der Waals surface area contributed by atoms with Crippen LogP contribution < -0.4 is 11.1 Å². The zero-order valence-corrected chi connectivity index (χ0v) is 13.2. The second-order valence-corrected chi connectivity index (χ2v) is 6.46. The number of hydrogen-bond acceptors (Lipinski definition) is 3. The van der Waals surface area contributed by atoms with Crippen LogP contribution in [0.3, 0.4) is 0 Å². The fourth-order valence-electron chi connectivity index (χ4n) is 3.92. The predicted octanol–water partition coefficient (Wildman–Crippen LogP) is 2.16. The lowest BCUT2D eigenvalue weighted by Crippen LogP contribution is -2.49. The van der Waals surface area contributed by atoms with Gasteiger partial charge in [0.05, 0.1) is 12.2 Å². The molecule has 21 heavy (non-hydrogen) atoms. The third-order valence-corrected chi connectivity index (χ3v) is 5.16. The molecule has 1 amide bonds. The minimum absolute atomic E-state index is 0. The average molecular weight is 313 g/mol. The van der Waals surface area contributed by atoms with Crippen LogP contribution in [0.15, 0.2) is 12.4 Å². The van der Waals surface area contributed by atoms with Crippen LogP contribution >= 0.6 is 12.4 Å². The van der Waals surface area contributed by atoms with Gasteiger partial charge in [0.2, 0.25) is 5.91 Å². The molecule has 0 saturated heterocycles. The Morgan fingerprint density at radius 3 is 2.67 bits per heavy atom. The number of hydrogen-bond donors (Lipinski definition) is 3. The second-order valence-electron chi connectivity index (χ2n) is 6.46. The van der Waals surface area contributed by atoms with Crippen LogP contribution in [0.5, 0.6) is 0 Å². The van der Waals surface area contributed by atoms with Crippen molar-refractivity contribution in [2.24, 2.45) is 23.5 Å². The maximum Gasteiger partial charge on any atom is 0.223 e. The number of rotatable bonds is 3. The Bertz CT molecular complexity index is 450. The SMILES string of the molecule is CC(NC(=O)C1CC2CCCC(C1)C2N)c1cn[nH]c1.Cl. The number of aromatic amines is 1. The van der Waals surface area contributed by atoms with E-state index in [0.29, 0.717) is 17.9 Å². The third kappa shape index (κ3) is 3.40. The van der Waals surface area contributed by atoms with Gasteiger partial charge in [-0.15, -0.1) is 12.4 Å². The van der Waals surface area contributed by atoms with Crippen LogP contribution in [0.25, 0.3) is 0 Å². The molecule has 3 atom stereocenters. The summed E-state index contributed by atoms with van der Waals surface area (Å²) in [5, 5.41) is 9.83. The van der Waals surface area contributed by atoms with Crippen molar-refractivity contribution in [3.8, 4) is 0 Å². The van der Waals surface area contributed by atoms with Gasteiger partial charge in [0.1, 0.15) is 0 Å². The smallest absolute Gasteiger partial charge is 0.223 e. The molecule has 0 radical (unpaired) electrons. The first kappa shape index (κ1) is 16.3. The number of nitrogens with zero attached hydrogens (tertiary/aromatic N) is 1. The molecular formula is C15H25ClN4O. The molecule has 2 bridgehead atoms. The van der Waals surface area contributed by atoms with E-state index >= 15 is 0 Å². The predicted molar refractivity (Wildman–Crippen MR) is 83.9 cm³/mol. The Morgan fingerprint density at radius 2 is 2.10 bits per heavy atom. The molecule has 0 spiro atoms. The van der Waals surface area contributed by atoms with E-state index < -0.39 is 0 Å². The number of H-pyrrole nitrogens is 1. The maximum absolute atomic E-state index is 12.5. The molecule has 1 aromatic rings. The molecule has 1 aromatic heterocycles. The first-order chi connectivity index (χ1) is 9.65. The lowest BCUT2D eigenvalue weighted by Gasteiger charge is -2.43.